The molecule has 4 rings (SSSR count). The summed E-state index contributed by atoms with van der Waals surface area (Å²) < 4.78 is 11.1. The molecule has 10 nitrogen and oxygen atoms in total. The summed E-state index contributed by atoms with van der Waals surface area (Å²) in [6, 6.07) is 11.7. The first kappa shape index (κ1) is 24.7. The summed E-state index contributed by atoms with van der Waals surface area (Å²) in [6.45, 7) is -0.148. The number of aromatic nitrogens is 1. The van der Waals surface area contributed by atoms with Gasteiger partial charge in [-0.15, -0.1) is 0 Å². The smallest absolute Gasteiger partial charge is 0.244 e. The highest BCUT2D eigenvalue weighted by atomic mass is 16.7. The van der Waals surface area contributed by atoms with E-state index in [-0.39, 0.29) is 11.7 Å². The summed E-state index contributed by atoms with van der Waals surface area (Å²) in [5, 5.41) is 52.4. The van der Waals surface area contributed by atoms with Gasteiger partial charge in [0.25, 0.3) is 0 Å². The first-order chi connectivity index (χ1) is 16.9. The van der Waals surface area contributed by atoms with Crippen LogP contribution in [0.25, 0.3) is 17.0 Å². The quantitative estimate of drug-likeness (QED) is 0.226. The van der Waals surface area contributed by atoms with Gasteiger partial charge in [0.05, 0.1) is 6.61 Å². The third kappa shape index (κ3) is 5.81. The minimum Gasteiger partial charge on any atom is -0.508 e. The number of carbonyl (C=O) groups excluding carboxylic acids is 1. The number of amides is 1. The maximum absolute atomic E-state index is 12.1. The average molecular weight is 485 g/mol. The zero-order valence-electron chi connectivity index (χ0n) is 18.7. The Labute approximate surface area is 201 Å². The molecule has 10 heteroatoms. The topological polar surface area (TPSA) is 164 Å². The molecule has 1 amide bonds. The van der Waals surface area contributed by atoms with Crippen molar-refractivity contribution in [1.82, 2.24) is 10.3 Å². The molecule has 35 heavy (non-hydrogen) atoms. The number of aliphatic hydroxyl groups excluding tert-OH is 4. The molecule has 0 aliphatic carbocycles. The molecule has 1 aromatic heterocycles. The highest BCUT2D eigenvalue weighted by Crippen LogP contribution is 2.28. The third-order valence-corrected chi connectivity index (χ3v) is 5.85. The van der Waals surface area contributed by atoms with Crippen LogP contribution in [0.2, 0.25) is 0 Å². The first-order valence-corrected chi connectivity index (χ1v) is 11.2. The molecule has 0 saturated carbocycles. The number of fused-ring (bicyclic) bond motifs is 1. The van der Waals surface area contributed by atoms with Crippen LogP contribution in [-0.2, 0) is 16.0 Å². The standard InChI is InChI=1S/C25H28N2O8/c28-13-20-22(31)23(32)24(33)25(35-20)34-17-6-7-19-18(11-17)15(12-27-19)9-10-26-21(30)8-3-14-1-4-16(29)5-2-14/h1-8,11-12,20,22-25,27-29,31-33H,9-10,13H2,(H,26,30)/b8-3+. The van der Waals surface area contributed by atoms with Crippen molar-refractivity contribution in [3.05, 3.63) is 65.9 Å². The summed E-state index contributed by atoms with van der Waals surface area (Å²) in [5.74, 6) is 0.278. The lowest BCUT2D eigenvalue weighted by molar-refractivity contribution is -0.277. The van der Waals surface area contributed by atoms with Crippen molar-refractivity contribution in [2.45, 2.75) is 37.1 Å². The maximum Gasteiger partial charge on any atom is 0.244 e. The molecular weight excluding hydrogens is 456 g/mol. The number of aromatic amines is 1. The molecule has 0 bridgehead atoms. The van der Waals surface area contributed by atoms with Gasteiger partial charge in [0.1, 0.15) is 35.9 Å². The van der Waals surface area contributed by atoms with Crippen LogP contribution in [0.1, 0.15) is 11.1 Å². The van der Waals surface area contributed by atoms with Crippen LogP contribution < -0.4 is 10.1 Å². The van der Waals surface area contributed by atoms with Gasteiger partial charge in [0.15, 0.2) is 0 Å². The Morgan fingerprint density at radius 2 is 1.86 bits per heavy atom. The van der Waals surface area contributed by atoms with Gasteiger partial charge in [0, 0.05) is 29.7 Å². The van der Waals surface area contributed by atoms with Gasteiger partial charge in [-0.2, -0.15) is 0 Å². The van der Waals surface area contributed by atoms with E-state index in [4.69, 9.17) is 9.47 Å². The number of H-pyrrole nitrogens is 1. The summed E-state index contributed by atoms with van der Waals surface area (Å²) in [6.07, 6.45) is -1.36. The van der Waals surface area contributed by atoms with E-state index in [0.29, 0.717) is 18.7 Å². The van der Waals surface area contributed by atoms with Crippen molar-refractivity contribution < 1.29 is 39.8 Å². The summed E-state index contributed by atoms with van der Waals surface area (Å²) >= 11 is 0. The SMILES string of the molecule is O=C(/C=C/c1ccc(O)cc1)NCCc1c[nH]c2ccc(OC3OC(CO)C(O)C(O)C3O)cc12. The number of hydrogen-bond donors (Lipinski definition) is 7. The van der Waals surface area contributed by atoms with E-state index in [0.717, 1.165) is 22.0 Å². The van der Waals surface area contributed by atoms with Crippen molar-refractivity contribution in [3.63, 3.8) is 0 Å². The first-order valence-electron chi connectivity index (χ1n) is 11.2. The van der Waals surface area contributed by atoms with Crippen molar-refractivity contribution in [3.8, 4) is 11.5 Å². The lowest BCUT2D eigenvalue weighted by atomic mass is 9.99. The predicted molar refractivity (Wildman–Crippen MR) is 127 cm³/mol. The van der Waals surface area contributed by atoms with Crippen LogP contribution in [0.3, 0.4) is 0 Å². The molecule has 186 valence electrons. The Morgan fingerprint density at radius 3 is 2.60 bits per heavy atom. The fourth-order valence-electron chi connectivity index (χ4n) is 3.87. The van der Waals surface area contributed by atoms with E-state index in [1.807, 2.05) is 6.20 Å². The van der Waals surface area contributed by atoms with E-state index in [9.17, 15) is 30.3 Å². The maximum atomic E-state index is 12.1. The van der Waals surface area contributed by atoms with Crippen LogP contribution in [0.5, 0.6) is 11.5 Å². The van der Waals surface area contributed by atoms with Crippen LogP contribution in [0.4, 0.5) is 0 Å². The molecule has 1 aliphatic heterocycles. The molecule has 7 N–H and O–H groups in total. The minimum atomic E-state index is -1.52. The number of aromatic hydroxyl groups is 1. The van der Waals surface area contributed by atoms with E-state index in [1.54, 1.807) is 48.5 Å². The Hall–Kier alpha value is -3.41. The van der Waals surface area contributed by atoms with E-state index in [1.165, 1.54) is 6.08 Å². The molecule has 1 aliphatic rings. The number of phenolic OH excluding ortho intramolecular Hbond substituents is 1. The summed E-state index contributed by atoms with van der Waals surface area (Å²) in [7, 11) is 0. The van der Waals surface area contributed by atoms with Crippen LogP contribution in [0.15, 0.2) is 54.7 Å². The van der Waals surface area contributed by atoms with Gasteiger partial charge in [-0.25, -0.2) is 0 Å². The largest absolute Gasteiger partial charge is 0.508 e. The second-order valence-electron chi connectivity index (χ2n) is 8.30. The highest BCUT2D eigenvalue weighted by molar-refractivity contribution is 5.91. The lowest BCUT2D eigenvalue weighted by Crippen LogP contribution is -2.60. The Kier molecular flexibility index (Phi) is 7.69. The predicted octanol–water partition coefficient (Wildman–Crippen LogP) is 0.424. The van der Waals surface area contributed by atoms with E-state index in [2.05, 4.69) is 10.3 Å². The third-order valence-electron chi connectivity index (χ3n) is 5.85. The molecule has 0 radical (unpaired) electrons. The van der Waals surface area contributed by atoms with Crippen molar-refractivity contribution in [1.29, 1.82) is 0 Å². The lowest BCUT2D eigenvalue weighted by Gasteiger charge is -2.39. The average Bonchev–Trinajstić information content (AvgIpc) is 3.26. The summed E-state index contributed by atoms with van der Waals surface area (Å²) in [5.41, 5.74) is 2.57. The van der Waals surface area contributed by atoms with Gasteiger partial charge in [0.2, 0.25) is 12.2 Å². The Balaban J connectivity index is 1.36. The number of hydrogen-bond acceptors (Lipinski definition) is 8. The van der Waals surface area contributed by atoms with Crippen LogP contribution in [-0.4, -0.2) is 80.3 Å². The normalized spacial score (nSPS) is 24.6. The number of aliphatic hydroxyl groups is 4. The number of ether oxygens (including phenoxy) is 2. The molecule has 0 spiro atoms. The Bertz CT molecular complexity index is 1170. The van der Waals surface area contributed by atoms with Gasteiger partial charge >= 0.3 is 0 Å². The number of benzene rings is 2. The van der Waals surface area contributed by atoms with Gasteiger partial charge in [-0.3, -0.25) is 4.79 Å². The fourth-order valence-corrected chi connectivity index (χ4v) is 3.87. The fraction of sp³-hybridized carbons (Fsp3) is 0.320. The molecule has 1 fully saturated rings. The number of phenols is 1. The molecule has 2 aromatic carbocycles. The number of carbonyl (C=O) groups is 1. The van der Waals surface area contributed by atoms with E-state index >= 15 is 0 Å². The van der Waals surface area contributed by atoms with Gasteiger partial charge in [-0.1, -0.05) is 12.1 Å². The van der Waals surface area contributed by atoms with Gasteiger partial charge in [-0.05, 0) is 54.0 Å². The molecule has 5 atom stereocenters. The second-order valence-corrected chi connectivity index (χ2v) is 8.30. The number of rotatable bonds is 8. The monoisotopic (exact) mass is 484 g/mol. The van der Waals surface area contributed by atoms with E-state index < -0.39 is 37.3 Å². The zero-order valence-corrected chi connectivity index (χ0v) is 18.7. The zero-order chi connectivity index (χ0) is 24.9. The molecule has 2 heterocycles. The molecule has 1 saturated heterocycles. The second kappa shape index (κ2) is 10.9. The van der Waals surface area contributed by atoms with Crippen molar-refractivity contribution >= 4 is 22.9 Å². The Morgan fingerprint density at radius 1 is 1.09 bits per heavy atom. The molecular formula is C25H28N2O8. The summed E-state index contributed by atoms with van der Waals surface area (Å²) in [4.78, 5) is 15.3. The van der Waals surface area contributed by atoms with Gasteiger partial charge < -0.3 is 45.3 Å². The molecule has 5 unspecified atom stereocenters. The van der Waals surface area contributed by atoms with Crippen LogP contribution in [0, 0.1) is 0 Å². The van der Waals surface area contributed by atoms with Crippen LogP contribution >= 0.6 is 0 Å². The highest BCUT2D eigenvalue weighted by Gasteiger charge is 2.44. The minimum absolute atomic E-state index is 0.159. The number of nitrogens with one attached hydrogen (secondary N) is 2. The van der Waals surface area contributed by atoms with Crippen molar-refractivity contribution in [2.24, 2.45) is 0 Å². The van der Waals surface area contributed by atoms with Crippen molar-refractivity contribution in [2.75, 3.05) is 13.2 Å². The molecule has 3 aromatic rings.